The molecule has 0 bridgehead atoms. The van der Waals surface area contributed by atoms with Crippen LogP contribution >= 0.6 is 7.82 Å². The van der Waals surface area contributed by atoms with E-state index in [0.717, 1.165) is 5.56 Å². The van der Waals surface area contributed by atoms with Gasteiger partial charge in [0.15, 0.2) is 6.20 Å². The van der Waals surface area contributed by atoms with Gasteiger partial charge in [0.2, 0.25) is 0 Å². The summed E-state index contributed by atoms with van der Waals surface area (Å²) in [6.07, 6.45) is -3.01. The maximum atomic E-state index is 15.9. The number of aryl methyl sites for hydroxylation is 2. The van der Waals surface area contributed by atoms with E-state index in [1.807, 2.05) is 5.92 Å². The first kappa shape index (κ1) is 19.7. The minimum Gasteiger partial charge on any atom is -0.403 e. The smallest absolute Gasteiger partial charge is 0.403 e. The van der Waals surface area contributed by atoms with Crippen molar-refractivity contribution < 1.29 is 41.6 Å². The van der Waals surface area contributed by atoms with Gasteiger partial charge in [-0.15, -0.1) is 6.42 Å². The second kappa shape index (κ2) is 8.22. The van der Waals surface area contributed by atoms with Gasteiger partial charge in [-0.1, -0.05) is 23.6 Å². The zero-order chi connectivity index (χ0) is 26.8. The molecule has 0 saturated carbocycles. The van der Waals surface area contributed by atoms with Crippen molar-refractivity contribution in [2.75, 3.05) is 6.56 Å². The topological polar surface area (TPSA) is 149 Å². The molecule has 1 aromatic heterocycles. The molecular formula is C20H20FN2O9P. The Hall–Kier alpha value is -2.78. The first-order valence-electron chi connectivity index (χ1n) is 10.9. The standard InChI is InChI=1S/C20H20FN2O9P/c1-4-12-7-23(19(27)22-17(12)26)18-14(24)16(25)20(21,31-18)9-30-33(28)29-8-13-6-10(2)5-11(3)15(13)32-33/h1,5-7,14,16,18,24-25H,8-9H2,2-3H3,(H,22,26,27)/t14-,16+,18-,20-,33?/m1/s1/i9D2,18D. The lowest BCUT2D eigenvalue weighted by molar-refractivity contribution is -0.205. The van der Waals surface area contributed by atoms with Crippen LogP contribution in [0.15, 0.2) is 27.9 Å². The zero-order valence-electron chi connectivity index (χ0n) is 20.2. The lowest BCUT2D eigenvalue weighted by Crippen LogP contribution is -2.43. The van der Waals surface area contributed by atoms with E-state index in [4.69, 9.17) is 28.8 Å². The number of alkyl halides is 1. The molecule has 0 spiro atoms. The van der Waals surface area contributed by atoms with Crippen LogP contribution in [-0.2, 0) is 25.0 Å². The Morgan fingerprint density at radius 2 is 2.21 bits per heavy atom. The summed E-state index contributed by atoms with van der Waals surface area (Å²) >= 11 is 0. The monoisotopic (exact) mass is 485 g/mol. The number of ether oxygens (including phenoxy) is 1. The number of terminal acetylenes is 1. The number of nitrogens with one attached hydrogen (secondary N) is 1. The van der Waals surface area contributed by atoms with Crippen LogP contribution in [0.2, 0.25) is 0 Å². The van der Waals surface area contributed by atoms with Gasteiger partial charge >= 0.3 is 13.5 Å². The highest BCUT2D eigenvalue weighted by Crippen LogP contribution is 2.56. The molecule has 2 aliphatic rings. The molecular weight excluding hydrogens is 462 g/mol. The fourth-order valence-corrected chi connectivity index (χ4v) is 4.51. The maximum absolute atomic E-state index is 15.9. The molecule has 33 heavy (non-hydrogen) atoms. The summed E-state index contributed by atoms with van der Waals surface area (Å²) in [5.74, 6) is -2.14. The fourth-order valence-electron chi connectivity index (χ4n) is 3.35. The van der Waals surface area contributed by atoms with Crippen molar-refractivity contribution in [1.82, 2.24) is 9.55 Å². The second-order valence-corrected chi connectivity index (χ2v) is 8.88. The van der Waals surface area contributed by atoms with Crippen molar-refractivity contribution in [2.24, 2.45) is 0 Å². The third kappa shape index (κ3) is 4.15. The van der Waals surface area contributed by atoms with Crippen molar-refractivity contribution in [1.29, 1.82) is 0 Å². The molecule has 2 aromatic rings. The van der Waals surface area contributed by atoms with E-state index in [2.05, 4.69) is 0 Å². The predicted octanol–water partition coefficient (Wildman–Crippen LogP) is 0.785. The Kier molecular flexibility index (Phi) is 4.90. The van der Waals surface area contributed by atoms with Crippen molar-refractivity contribution >= 4 is 7.82 Å². The molecule has 0 aliphatic carbocycles. The maximum Gasteiger partial charge on any atom is 0.530 e. The molecule has 1 aromatic carbocycles. The molecule has 5 atom stereocenters. The van der Waals surface area contributed by atoms with E-state index in [9.17, 15) is 24.4 Å². The highest BCUT2D eigenvalue weighted by Gasteiger charge is 2.57. The summed E-state index contributed by atoms with van der Waals surface area (Å²) in [6, 6.07) is 3.35. The summed E-state index contributed by atoms with van der Waals surface area (Å²) in [6.45, 7) is -0.822. The Morgan fingerprint density at radius 3 is 2.91 bits per heavy atom. The number of nitrogens with zero attached hydrogens (tertiary/aromatic N) is 1. The molecule has 176 valence electrons. The summed E-state index contributed by atoms with van der Waals surface area (Å²) in [4.78, 5) is 25.7. The van der Waals surface area contributed by atoms with E-state index in [0.29, 0.717) is 17.3 Å². The van der Waals surface area contributed by atoms with Crippen LogP contribution in [0.1, 0.15) is 32.6 Å². The van der Waals surface area contributed by atoms with E-state index >= 15 is 4.39 Å². The summed E-state index contributed by atoms with van der Waals surface area (Å²) in [7, 11) is -4.88. The molecule has 2 aliphatic heterocycles. The lowest BCUT2D eigenvalue weighted by atomic mass is 10.1. The van der Waals surface area contributed by atoms with E-state index in [1.54, 1.807) is 31.0 Å². The zero-order valence-corrected chi connectivity index (χ0v) is 18.1. The largest absolute Gasteiger partial charge is 0.530 e. The Balaban J connectivity index is 1.70. The average molecular weight is 485 g/mol. The summed E-state index contributed by atoms with van der Waals surface area (Å²) in [5.41, 5.74) is -1.12. The molecule has 1 saturated heterocycles. The van der Waals surface area contributed by atoms with E-state index < -0.39 is 55.5 Å². The first-order valence-corrected chi connectivity index (χ1v) is 10.9. The minimum absolute atomic E-state index is 0.0586. The third-order valence-electron chi connectivity index (χ3n) is 4.89. The van der Waals surface area contributed by atoms with Crippen LogP contribution in [-0.4, -0.2) is 44.4 Å². The molecule has 0 amide bonds. The van der Waals surface area contributed by atoms with Crippen molar-refractivity contribution in [3.8, 4) is 18.1 Å². The second-order valence-electron chi connectivity index (χ2n) is 7.37. The van der Waals surface area contributed by atoms with Crippen LogP contribution in [0.25, 0.3) is 0 Å². The number of H-pyrrole nitrogens is 1. The van der Waals surface area contributed by atoms with Gasteiger partial charge in [-0.05, 0) is 19.4 Å². The Morgan fingerprint density at radius 1 is 1.48 bits per heavy atom. The molecule has 3 N–H and O–H groups in total. The van der Waals surface area contributed by atoms with Gasteiger partial charge in [-0.2, -0.15) is 0 Å². The van der Waals surface area contributed by atoms with Gasteiger partial charge in [-0.25, -0.2) is 13.8 Å². The average Bonchev–Trinajstić information content (AvgIpc) is 2.95. The number of benzene rings is 1. The predicted molar refractivity (Wildman–Crippen MR) is 110 cm³/mol. The number of hydrogen-bond acceptors (Lipinski definition) is 9. The molecule has 4 rings (SSSR count). The van der Waals surface area contributed by atoms with Gasteiger partial charge in [0.1, 0.15) is 30.1 Å². The van der Waals surface area contributed by atoms with E-state index in [-0.39, 0.29) is 16.9 Å². The number of phosphoric acid groups is 1. The van der Waals surface area contributed by atoms with Gasteiger partial charge in [0.25, 0.3) is 11.4 Å². The first-order chi connectivity index (χ1) is 16.6. The number of halogens is 1. The molecule has 3 heterocycles. The summed E-state index contributed by atoms with van der Waals surface area (Å²) in [5, 5.41) is 20.8. The highest BCUT2D eigenvalue weighted by atomic mass is 31.2. The molecule has 1 fully saturated rings. The van der Waals surface area contributed by atoms with Gasteiger partial charge in [-0.3, -0.25) is 23.4 Å². The third-order valence-corrected chi connectivity index (χ3v) is 6.06. The number of aromatic amines is 1. The van der Waals surface area contributed by atoms with Gasteiger partial charge in [0, 0.05) is 11.8 Å². The van der Waals surface area contributed by atoms with Crippen LogP contribution < -0.4 is 15.8 Å². The van der Waals surface area contributed by atoms with E-state index in [1.165, 1.54) is 0 Å². The fraction of sp³-hybridized carbons (Fsp3) is 0.400. The minimum atomic E-state index is -4.88. The Bertz CT molecular complexity index is 1460. The van der Waals surface area contributed by atoms with Crippen LogP contribution in [0.5, 0.6) is 5.75 Å². The van der Waals surface area contributed by atoms with Crippen molar-refractivity contribution in [3.05, 3.63) is 61.4 Å². The number of aliphatic hydroxyl groups is 2. The van der Waals surface area contributed by atoms with Gasteiger partial charge < -0.3 is 19.5 Å². The lowest BCUT2D eigenvalue weighted by Gasteiger charge is -2.29. The molecule has 1 unspecified atom stereocenters. The molecule has 0 radical (unpaired) electrons. The van der Waals surface area contributed by atoms with Gasteiger partial charge in [0.05, 0.1) is 10.7 Å². The van der Waals surface area contributed by atoms with Crippen LogP contribution in [0.3, 0.4) is 0 Å². The quantitative estimate of drug-likeness (QED) is 0.422. The number of aromatic nitrogens is 2. The normalized spacial score (nSPS) is 35.0. The SMILES string of the molecule is [2H]C([2H])(OP1(=O)OCc2cc(C)cc(C)c2O1)[C@@]1(F)O[C@@]([2H])(n2cc(C#C)c(=O)[nH]c2=O)[C@H](O)[C@@H]1O. The molecule has 13 heteroatoms. The molecule has 11 nitrogen and oxygen atoms in total. The number of phosphoric ester groups is 1. The number of rotatable bonds is 4. The van der Waals surface area contributed by atoms with Crippen LogP contribution in [0.4, 0.5) is 4.39 Å². The number of aliphatic hydroxyl groups excluding tert-OH is 2. The Labute approximate surface area is 190 Å². The van der Waals surface area contributed by atoms with Crippen LogP contribution in [0, 0.1) is 26.2 Å². The van der Waals surface area contributed by atoms with Crippen molar-refractivity contribution in [2.45, 2.75) is 44.7 Å². The van der Waals surface area contributed by atoms with Crippen molar-refractivity contribution in [3.63, 3.8) is 0 Å². The number of fused-ring (bicyclic) bond motifs is 1. The highest BCUT2D eigenvalue weighted by molar-refractivity contribution is 7.49. The number of hydrogen-bond donors (Lipinski definition) is 3. The summed E-state index contributed by atoms with van der Waals surface area (Å²) < 4.78 is 73.5.